The zero-order valence-corrected chi connectivity index (χ0v) is 16.5. The molecular weight excluding hydrogens is 364 g/mol. The number of carbonyl (C=O) groups is 1. The van der Waals surface area contributed by atoms with Crippen LogP contribution < -0.4 is 0 Å². The highest BCUT2D eigenvalue weighted by atomic mass is 16.6. The monoisotopic (exact) mass is 388 g/mol. The minimum Gasteiger partial charge on any atom is -0.450 e. The second-order valence-corrected chi connectivity index (χ2v) is 7.41. The van der Waals surface area contributed by atoms with Gasteiger partial charge in [0.1, 0.15) is 0 Å². The largest absolute Gasteiger partial charge is 0.450 e. The standard InChI is InChI=1S/C23H24N4O2/c1-2-29-23(28)26-13-11-25(12-14-26)22-21-15-17-7-4-6-10-20(17)27(21)16-18-8-3-5-9-19(18)24-22/h3-10,15H,2,11-14,16H2,1H3. The van der Waals surface area contributed by atoms with Crippen LogP contribution in [0.4, 0.5) is 10.5 Å². The van der Waals surface area contributed by atoms with Gasteiger partial charge in [0.25, 0.3) is 0 Å². The number of para-hydroxylation sites is 2. The van der Waals surface area contributed by atoms with E-state index < -0.39 is 0 Å². The molecule has 2 aliphatic heterocycles. The van der Waals surface area contributed by atoms with Gasteiger partial charge in [-0.15, -0.1) is 0 Å². The molecule has 0 atom stereocenters. The highest BCUT2D eigenvalue weighted by molar-refractivity contribution is 6.04. The van der Waals surface area contributed by atoms with Gasteiger partial charge in [-0.1, -0.05) is 36.4 Å². The maximum absolute atomic E-state index is 12.1. The van der Waals surface area contributed by atoms with Crippen molar-refractivity contribution >= 4 is 28.5 Å². The molecule has 3 heterocycles. The fraction of sp³-hybridized carbons (Fsp3) is 0.304. The second-order valence-electron chi connectivity index (χ2n) is 7.41. The van der Waals surface area contributed by atoms with Crippen molar-refractivity contribution in [2.75, 3.05) is 32.8 Å². The number of piperazine rings is 1. The van der Waals surface area contributed by atoms with Crippen LogP contribution in [0.15, 0.2) is 59.6 Å². The zero-order valence-electron chi connectivity index (χ0n) is 16.5. The molecule has 0 saturated carbocycles. The lowest BCUT2D eigenvalue weighted by atomic mass is 10.2. The van der Waals surface area contributed by atoms with Crippen LogP contribution in [0.5, 0.6) is 0 Å². The first kappa shape index (κ1) is 17.8. The van der Waals surface area contributed by atoms with E-state index in [2.05, 4.69) is 58.0 Å². The number of aliphatic imine (C=N–C) groups is 1. The summed E-state index contributed by atoms with van der Waals surface area (Å²) in [7, 11) is 0. The van der Waals surface area contributed by atoms with Gasteiger partial charge in [0.15, 0.2) is 5.84 Å². The third-order valence-electron chi connectivity index (χ3n) is 5.69. The van der Waals surface area contributed by atoms with Gasteiger partial charge in [-0.05, 0) is 30.7 Å². The highest BCUT2D eigenvalue weighted by Gasteiger charge is 2.28. The summed E-state index contributed by atoms with van der Waals surface area (Å²) in [5, 5.41) is 1.22. The van der Waals surface area contributed by atoms with Gasteiger partial charge in [-0.25, -0.2) is 9.79 Å². The maximum atomic E-state index is 12.1. The zero-order chi connectivity index (χ0) is 19.8. The number of nitrogens with zero attached hydrogens (tertiary/aromatic N) is 4. The van der Waals surface area contributed by atoms with Gasteiger partial charge in [-0.3, -0.25) is 0 Å². The van der Waals surface area contributed by atoms with E-state index in [4.69, 9.17) is 9.73 Å². The molecule has 2 aliphatic rings. The quantitative estimate of drug-likeness (QED) is 0.636. The third kappa shape index (κ3) is 3.14. The predicted molar refractivity (Wildman–Crippen MR) is 114 cm³/mol. The van der Waals surface area contributed by atoms with Crippen molar-refractivity contribution in [3.05, 3.63) is 65.9 Å². The molecule has 0 bridgehead atoms. The molecule has 1 saturated heterocycles. The van der Waals surface area contributed by atoms with E-state index in [1.54, 1.807) is 4.90 Å². The SMILES string of the molecule is CCOC(=O)N1CCN(C2=Nc3ccccc3Cn3c2cc2ccccc23)CC1. The average Bonchev–Trinajstić information content (AvgIpc) is 3.03. The number of rotatable bonds is 1. The number of benzene rings is 2. The number of amidine groups is 1. The van der Waals surface area contributed by atoms with Crippen molar-refractivity contribution in [3.8, 4) is 0 Å². The highest BCUT2D eigenvalue weighted by Crippen LogP contribution is 2.31. The minimum atomic E-state index is -0.227. The first-order valence-corrected chi connectivity index (χ1v) is 10.2. The number of hydrogen-bond acceptors (Lipinski definition) is 4. The van der Waals surface area contributed by atoms with Crippen molar-refractivity contribution in [1.29, 1.82) is 0 Å². The summed E-state index contributed by atoms with van der Waals surface area (Å²) < 4.78 is 7.52. The molecule has 0 spiro atoms. The van der Waals surface area contributed by atoms with Gasteiger partial charge in [0.2, 0.25) is 0 Å². The van der Waals surface area contributed by atoms with E-state index in [9.17, 15) is 4.79 Å². The molecule has 1 amide bonds. The Morgan fingerprint density at radius 1 is 1.03 bits per heavy atom. The molecule has 3 aromatic rings. The summed E-state index contributed by atoms with van der Waals surface area (Å²) in [5.41, 5.74) is 4.59. The lowest BCUT2D eigenvalue weighted by Crippen LogP contribution is -2.51. The van der Waals surface area contributed by atoms with Crippen LogP contribution in [-0.2, 0) is 11.3 Å². The fourth-order valence-corrected chi connectivity index (χ4v) is 4.21. The molecule has 0 aliphatic carbocycles. The molecule has 5 rings (SSSR count). The van der Waals surface area contributed by atoms with Gasteiger partial charge in [0.05, 0.1) is 24.5 Å². The topological polar surface area (TPSA) is 50.1 Å². The summed E-state index contributed by atoms with van der Waals surface area (Å²) in [4.78, 5) is 21.2. The first-order valence-electron chi connectivity index (χ1n) is 10.2. The predicted octanol–water partition coefficient (Wildman–Crippen LogP) is 3.86. The Bertz CT molecular complexity index is 1090. The van der Waals surface area contributed by atoms with Crippen molar-refractivity contribution in [2.45, 2.75) is 13.5 Å². The van der Waals surface area contributed by atoms with E-state index in [0.717, 1.165) is 36.9 Å². The van der Waals surface area contributed by atoms with E-state index in [1.807, 2.05) is 13.0 Å². The molecule has 148 valence electrons. The number of fused-ring (bicyclic) bond motifs is 4. The Labute approximate surface area is 170 Å². The average molecular weight is 388 g/mol. The Kier molecular flexibility index (Phi) is 4.46. The number of amides is 1. The first-order chi connectivity index (χ1) is 14.2. The van der Waals surface area contributed by atoms with E-state index >= 15 is 0 Å². The van der Waals surface area contributed by atoms with E-state index in [-0.39, 0.29) is 6.09 Å². The van der Waals surface area contributed by atoms with E-state index in [0.29, 0.717) is 19.7 Å². The summed E-state index contributed by atoms with van der Waals surface area (Å²) in [6.07, 6.45) is -0.227. The summed E-state index contributed by atoms with van der Waals surface area (Å²) in [6.45, 7) is 5.80. The summed E-state index contributed by atoms with van der Waals surface area (Å²) in [6, 6.07) is 19.1. The molecule has 2 aromatic carbocycles. The Morgan fingerprint density at radius 2 is 1.79 bits per heavy atom. The van der Waals surface area contributed by atoms with Crippen LogP contribution in [-0.4, -0.2) is 59.1 Å². The fourth-order valence-electron chi connectivity index (χ4n) is 4.21. The smallest absolute Gasteiger partial charge is 0.409 e. The van der Waals surface area contributed by atoms with E-state index in [1.165, 1.54) is 16.5 Å². The van der Waals surface area contributed by atoms with Gasteiger partial charge in [-0.2, -0.15) is 0 Å². The molecule has 1 fully saturated rings. The molecule has 0 N–H and O–H groups in total. The van der Waals surface area contributed by atoms with Crippen LogP contribution in [0, 0.1) is 0 Å². The van der Waals surface area contributed by atoms with Crippen molar-refractivity contribution < 1.29 is 9.53 Å². The van der Waals surface area contributed by atoms with Crippen LogP contribution in [0.2, 0.25) is 0 Å². The van der Waals surface area contributed by atoms with Crippen LogP contribution in [0.1, 0.15) is 18.2 Å². The Morgan fingerprint density at radius 3 is 2.62 bits per heavy atom. The van der Waals surface area contributed by atoms with Crippen molar-refractivity contribution in [2.24, 2.45) is 4.99 Å². The second kappa shape index (κ2) is 7.28. The summed E-state index contributed by atoms with van der Waals surface area (Å²) in [5.74, 6) is 0.981. The number of aromatic nitrogens is 1. The van der Waals surface area contributed by atoms with Gasteiger partial charge < -0.3 is 19.1 Å². The lowest BCUT2D eigenvalue weighted by Gasteiger charge is -2.35. The minimum absolute atomic E-state index is 0.227. The Balaban J connectivity index is 1.54. The number of hydrogen-bond donors (Lipinski definition) is 0. The number of carbonyl (C=O) groups excluding carboxylic acids is 1. The molecule has 1 aromatic heterocycles. The normalized spacial score (nSPS) is 16.1. The molecule has 29 heavy (non-hydrogen) atoms. The molecule has 0 unspecified atom stereocenters. The molecule has 6 heteroatoms. The Hall–Kier alpha value is -3.28. The van der Waals surface area contributed by atoms with Crippen molar-refractivity contribution in [3.63, 3.8) is 0 Å². The molecule has 6 nitrogen and oxygen atoms in total. The maximum Gasteiger partial charge on any atom is 0.409 e. The van der Waals surface area contributed by atoms with Crippen LogP contribution in [0.25, 0.3) is 10.9 Å². The lowest BCUT2D eigenvalue weighted by molar-refractivity contribution is 0.0920. The van der Waals surface area contributed by atoms with Crippen molar-refractivity contribution in [1.82, 2.24) is 14.4 Å². The summed E-state index contributed by atoms with van der Waals surface area (Å²) >= 11 is 0. The molecular formula is C23H24N4O2. The third-order valence-corrected chi connectivity index (χ3v) is 5.69. The van der Waals surface area contributed by atoms with Crippen LogP contribution in [0.3, 0.4) is 0 Å². The van der Waals surface area contributed by atoms with Gasteiger partial charge >= 0.3 is 6.09 Å². The van der Waals surface area contributed by atoms with Crippen LogP contribution >= 0.6 is 0 Å². The van der Waals surface area contributed by atoms with Gasteiger partial charge in [0, 0.05) is 37.1 Å². The number of ether oxygens (including phenoxy) is 1. The molecule has 0 radical (unpaired) electrons.